The van der Waals surface area contributed by atoms with Crippen LogP contribution in [-0.4, -0.2) is 11.5 Å². The Morgan fingerprint density at radius 3 is 2.40 bits per heavy atom. The molecule has 0 heterocycles. The number of carbonyl (C=O) groups excluding carboxylic acids is 1. The summed E-state index contributed by atoms with van der Waals surface area (Å²) in [6, 6.07) is 11.6. The zero-order valence-electron chi connectivity index (χ0n) is 8.08. The van der Waals surface area contributed by atoms with Crippen molar-refractivity contribution in [1.29, 1.82) is 5.41 Å². The quantitative estimate of drug-likeness (QED) is 0.689. The van der Waals surface area contributed by atoms with Gasteiger partial charge in [0.2, 0.25) is 0 Å². The minimum Gasteiger partial charge on any atom is -0.304 e. The zero-order chi connectivity index (χ0) is 10.4. The number of Topliss-reactive ketones (excluding diaryl/α,β-unsaturated/α-hetero) is 1. The van der Waals surface area contributed by atoms with E-state index in [9.17, 15) is 4.79 Å². The van der Waals surface area contributed by atoms with Crippen LogP contribution in [0.15, 0.2) is 36.4 Å². The van der Waals surface area contributed by atoms with Crippen LogP contribution in [0.1, 0.15) is 22.3 Å². The Hall–Kier alpha value is -1.96. The van der Waals surface area contributed by atoms with Crippen LogP contribution in [-0.2, 0) is 0 Å². The van der Waals surface area contributed by atoms with E-state index in [1.165, 1.54) is 0 Å². The summed E-state index contributed by atoms with van der Waals surface area (Å²) in [7, 11) is 0. The zero-order valence-corrected chi connectivity index (χ0v) is 8.08. The van der Waals surface area contributed by atoms with Gasteiger partial charge in [0.15, 0.2) is 5.78 Å². The second kappa shape index (κ2) is 2.76. The third kappa shape index (κ3) is 1.05. The Morgan fingerprint density at radius 2 is 1.67 bits per heavy atom. The predicted molar refractivity (Wildman–Crippen MR) is 59.7 cm³/mol. The fraction of sp³-hybridized carbons (Fsp3) is 0.0769. The van der Waals surface area contributed by atoms with Crippen molar-refractivity contribution in [3.63, 3.8) is 0 Å². The average Bonchev–Trinajstić information content (AvgIpc) is 2.25. The van der Waals surface area contributed by atoms with Gasteiger partial charge in [-0.2, -0.15) is 0 Å². The lowest BCUT2D eigenvalue weighted by Gasteiger charge is -2.16. The summed E-state index contributed by atoms with van der Waals surface area (Å²) < 4.78 is 0. The Labute approximate surface area is 87.0 Å². The van der Waals surface area contributed by atoms with Crippen molar-refractivity contribution < 1.29 is 4.79 Å². The van der Waals surface area contributed by atoms with Crippen molar-refractivity contribution >= 4 is 22.3 Å². The summed E-state index contributed by atoms with van der Waals surface area (Å²) >= 11 is 0. The third-order valence-electron chi connectivity index (χ3n) is 2.87. The molecule has 0 amide bonds. The maximum Gasteiger partial charge on any atom is 0.169 e. The van der Waals surface area contributed by atoms with Crippen LogP contribution < -0.4 is 0 Å². The molecular formula is C13H9NO. The minimum atomic E-state index is 0.0595. The van der Waals surface area contributed by atoms with Gasteiger partial charge in [-0.25, -0.2) is 0 Å². The smallest absolute Gasteiger partial charge is 0.169 e. The summed E-state index contributed by atoms with van der Waals surface area (Å²) in [4.78, 5) is 11.7. The Kier molecular flexibility index (Phi) is 1.54. The molecule has 3 rings (SSSR count). The van der Waals surface area contributed by atoms with E-state index in [0.717, 1.165) is 21.9 Å². The molecule has 2 nitrogen and oxygen atoms in total. The summed E-state index contributed by atoms with van der Waals surface area (Å²) in [5, 5.41) is 9.80. The highest BCUT2D eigenvalue weighted by Crippen LogP contribution is 2.29. The maximum absolute atomic E-state index is 11.7. The first-order chi connectivity index (χ1) is 7.27. The van der Waals surface area contributed by atoms with Crippen LogP contribution in [0, 0.1) is 5.41 Å². The Morgan fingerprint density at radius 1 is 1.00 bits per heavy atom. The van der Waals surface area contributed by atoms with Crippen LogP contribution in [0.5, 0.6) is 0 Å². The fourth-order valence-electron chi connectivity index (χ4n) is 2.18. The number of ketones is 1. The highest BCUT2D eigenvalue weighted by atomic mass is 16.1. The first-order valence-corrected chi connectivity index (χ1v) is 4.90. The van der Waals surface area contributed by atoms with Gasteiger partial charge in [0, 0.05) is 22.2 Å². The number of carbonyl (C=O) groups is 1. The van der Waals surface area contributed by atoms with Gasteiger partial charge in [0.25, 0.3) is 0 Å². The maximum atomic E-state index is 11.7. The first kappa shape index (κ1) is 8.36. The molecule has 0 saturated carbocycles. The Balaban J connectivity index is 2.56. The molecule has 0 atom stereocenters. The molecule has 15 heavy (non-hydrogen) atoms. The van der Waals surface area contributed by atoms with Gasteiger partial charge >= 0.3 is 0 Å². The standard InChI is InChI=1S/C13H9NO/c14-11-7-12(15)10-6-2-4-8-3-1-5-9(11)13(8)10/h1-6,14H,7H2. The van der Waals surface area contributed by atoms with Crippen molar-refractivity contribution in [3.8, 4) is 0 Å². The van der Waals surface area contributed by atoms with E-state index in [1.807, 2.05) is 36.4 Å². The highest BCUT2D eigenvalue weighted by molar-refractivity contribution is 6.28. The van der Waals surface area contributed by atoms with Crippen molar-refractivity contribution in [2.75, 3.05) is 0 Å². The molecule has 0 fully saturated rings. The van der Waals surface area contributed by atoms with Gasteiger partial charge in [-0.3, -0.25) is 4.79 Å². The van der Waals surface area contributed by atoms with Gasteiger partial charge in [-0.15, -0.1) is 0 Å². The number of hydrogen-bond donors (Lipinski definition) is 1. The van der Waals surface area contributed by atoms with E-state index < -0.39 is 0 Å². The summed E-state index contributed by atoms with van der Waals surface area (Å²) in [6.45, 7) is 0. The summed E-state index contributed by atoms with van der Waals surface area (Å²) in [5.74, 6) is 0.0595. The lowest BCUT2D eigenvalue weighted by molar-refractivity contribution is 0.100. The molecule has 1 aliphatic carbocycles. The molecule has 2 aromatic carbocycles. The molecule has 0 aromatic heterocycles. The molecule has 1 aliphatic rings. The number of rotatable bonds is 0. The molecule has 2 heteroatoms. The third-order valence-corrected chi connectivity index (χ3v) is 2.87. The van der Waals surface area contributed by atoms with Gasteiger partial charge in [-0.05, 0) is 5.39 Å². The van der Waals surface area contributed by atoms with E-state index in [0.29, 0.717) is 5.71 Å². The molecule has 0 unspecified atom stereocenters. The molecule has 0 saturated heterocycles. The lowest BCUT2D eigenvalue weighted by atomic mass is 9.86. The SMILES string of the molecule is N=C1CC(=O)c2cccc3cccc1c23. The number of hydrogen-bond acceptors (Lipinski definition) is 2. The molecule has 0 aliphatic heterocycles. The number of benzene rings is 2. The van der Waals surface area contributed by atoms with Gasteiger partial charge in [-0.1, -0.05) is 36.4 Å². The van der Waals surface area contributed by atoms with Crippen molar-refractivity contribution in [1.82, 2.24) is 0 Å². The van der Waals surface area contributed by atoms with E-state index in [4.69, 9.17) is 5.41 Å². The van der Waals surface area contributed by atoms with Crippen LogP contribution in [0.4, 0.5) is 0 Å². The first-order valence-electron chi connectivity index (χ1n) is 4.90. The largest absolute Gasteiger partial charge is 0.304 e. The molecule has 0 radical (unpaired) electrons. The normalized spacial score (nSPS) is 14.7. The summed E-state index contributed by atoms with van der Waals surface area (Å²) in [5.41, 5.74) is 2.10. The van der Waals surface area contributed by atoms with E-state index in [-0.39, 0.29) is 12.2 Å². The molecule has 0 spiro atoms. The second-order valence-corrected chi connectivity index (χ2v) is 3.79. The predicted octanol–water partition coefficient (Wildman–Crippen LogP) is 2.79. The van der Waals surface area contributed by atoms with E-state index in [1.54, 1.807) is 0 Å². The Bertz CT molecular complexity index is 550. The van der Waals surface area contributed by atoms with Crippen LogP contribution in [0.3, 0.4) is 0 Å². The molecule has 2 aromatic rings. The van der Waals surface area contributed by atoms with E-state index in [2.05, 4.69) is 0 Å². The van der Waals surface area contributed by atoms with Crippen LogP contribution >= 0.6 is 0 Å². The van der Waals surface area contributed by atoms with Gasteiger partial charge in [0.05, 0.1) is 6.42 Å². The number of nitrogens with one attached hydrogen (secondary N) is 1. The topological polar surface area (TPSA) is 40.9 Å². The summed E-state index contributed by atoms with van der Waals surface area (Å²) in [6.07, 6.45) is 0.232. The van der Waals surface area contributed by atoms with Crippen molar-refractivity contribution in [3.05, 3.63) is 47.5 Å². The molecular weight excluding hydrogens is 186 g/mol. The van der Waals surface area contributed by atoms with Gasteiger partial charge < -0.3 is 5.41 Å². The van der Waals surface area contributed by atoms with Gasteiger partial charge in [0.1, 0.15) is 0 Å². The highest BCUT2D eigenvalue weighted by Gasteiger charge is 2.21. The minimum absolute atomic E-state index is 0.0595. The fourth-order valence-corrected chi connectivity index (χ4v) is 2.18. The molecule has 1 N–H and O–H groups in total. The van der Waals surface area contributed by atoms with Crippen LogP contribution in [0.25, 0.3) is 10.8 Å². The van der Waals surface area contributed by atoms with Crippen LogP contribution in [0.2, 0.25) is 0 Å². The molecule has 0 bridgehead atoms. The average molecular weight is 195 g/mol. The molecule has 72 valence electrons. The van der Waals surface area contributed by atoms with Crippen molar-refractivity contribution in [2.24, 2.45) is 0 Å². The van der Waals surface area contributed by atoms with Crippen molar-refractivity contribution in [2.45, 2.75) is 6.42 Å². The lowest BCUT2D eigenvalue weighted by Crippen LogP contribution is -2.15. The second-order valence-electron chi connectivity index (χ2n) is 3.79. The monoisotopic (exact) mass is 195 g/mol. The van der Waals surface area contributed by atoms with E-state index >= 15 is 0 Å².